The number of rotatable bonds is 2. The Labute approximate surface area is 102 Å². The fraction of sp³-hybridized carbons (Fsp3) is 0.364. The number of amides is 1. The fourth-order valence-corrected chi connectivity index (χ4v) is 2.40. The molecule has 1 aliphatic heterocycles. The van der Waals surface area contributed by atoms with Gasteiger partial charge in [0.1, 0.15) is 5.82 Å². The van der Waals surface area contributed by atoms with E-state index in [4.69, 9.17) is 0 Å². The predicted octanol–water partition coefficient (Wildman–Crippen LogP) is 2.37. The van der Waals surface area contributed by atoms with Crippen LogP contribution in [0.2, 0.25) is 0 Å². The molecular formula is C11H12BrFN2O. The van der Waals surface area contributed by atoms with Crippen LogP contribution < -0.4 is 10.2 Å². The number of benzene rings is 1. The van der Waals surface area contributed by atoms with E-state index in [2.05, 4.69) is 21.2 Å². The van der Waals surface area contributed by atoms with Crippen molar-refractivity contribution >= 4 is 33.2 Å². The largest absolute Gasteiger partial charge is 0.386 e. The van der Waals surface area contributed by atoms with Crippen LogP contribution in [0.4, 0.5) is 15.8 Å². The highest BCUT2D eigenvalue weighted by molar-refractivity contribution is 9.09. The van der Waals surface area contributed by atoms with Crippen LogP contribution in [0.3, 0.4) is 0 Å². The Morgan fingerprint density at radius 2 is 2.31 bits per heavy atom. The van der Waals surface area contributed by atoms with E-state index >= 15 is 0 Å². The lowest BCUT2D eigenvalue weighted by molar-refractivity contribution is -0.117. The van der Waals surface area contributed by atoms with E-state index in [9.17, 15) is 9.18 Å². The normalized spacial score (nSPS) is 20.3. The molecule has 0 bridgehead atoms. The van der Waals surface area contributed by atoms with E-state index in [0.717, 1.165) is 5.69 Å². The van der Waals surface area contributed by atoms with Gasteiger partial charge in [-0.25, -0.2) is 4.39 Å². The summed E-state index contributed by atoms with van der Waals surface area (Å²) in [4.78, 5) is 13.5. The Balaban J connectivity index is 2.39. The Morgan fingerprint density at radius 1 is 1.56 bits per heavy atom. The quantitative estimate of drug-likeness (QED) is 0.847. The maximum atomic E-state index is 13.2. The van der Waals surface area contributed by atoms with Crippen LogP contribution in [0.1, 0.15) is 6.42 Å². The second-order valence-electron chi connectivity index (χ2n) is 3.72. The lowest BCUT2D eigenvalue weighted by atomic mass is 10.2. The summed E-state index contributed by atoms with van der Waals surface area (Å²) in [6, 6.07) is 4.40. The third-order valence-electron chi connectivity index (χ3n) is 2.60. The highest BCUT2D eigenvalue weighted by atomic mass is 79.9. The molecule has 3 nitrogen and oxygen atoms in total. The molecule has 1 aromatic rings. The van der Waals surface area contributed by atoms with Gasteiger partial charge in [0.15, 0.2) is 0 Å². The van der Waals surface area contributed by atoms with E-state index in [1.54, 1.807) is 18.0 Å². The first-order valence-corrected chi connectivity index (χ1v) is 5.95. The van der Waals surface area contributed by atoms with Crippen molar-refractivity contribution in [3.05, 3.63) is 24.0 Å². The summed E-state index contributed by atoms with van der Waals surface area (Å²) in [5.41, 5.74) is 1.37. The first kappa shape index (κ1) is 11.4. The molecule has 0 radical (unpaired) electrons. The van der Waals surface area contributed by atoms with E-state index in [1.165, 1.54) is 12.1 Å². The van der Waals surface area contributed by atoms with E-state index in [-0.39, 0.29) is 16.6 Å². The Bertz CT molecular complexity index is 424. The van der Waals surface area contributed by atoms with Crippen LogP contribution in [0.5, 0.6) is 0 Å². The summed E-state index contributed by atoms with van der Waals surface area (Å²) in [6.45, 7) is 0.580. The van der Waals surface area contributed by atoms with Gasteiger partial charge in [-0.3, -0.25) is 4.79 Å². The minimum absolute atomic E-state index is 0.0176. The number of carbonyl (C=O) groups excluding carboxylic acids is 1. The second kappa shape index (κ2) is 4.41. The third-order valence-corrected chi connectivity index (χ3v) is 3.21. The number of hydrogen-bond donors (Lipinski definition) is 1. The highest BCUT2D eigenvalue weighted by Gasteiger charge is 2.30. The average Bonchev–Trinajstić information content (AvgIpc) is 2.57. The highest BCUT2D eigenvalue weighted by Crippen LogP contribution is 2.31. The van der Waals surface area contributed by atoms with Crippen molar-refractivity contribution in [2.24, 2.45) is 0 Å². The molecule has 2 rings (SSSR count). The smallest absolute Gasteiger partial charge is 0.228 e. The molecule has 1 amide bonds. The monoisotopic (exact) mass is 286 g/mol. The zero-order chi connectivity index (χ0) is 11.7. The van der Waals surface area contributed by atoms with Crippen molar-refractivity contribution in [1.82, 2.24) is 0 Å². The van der Waals surface area contributed by atoms with Crippen LogP contribution >= 0.6 is 15.9 Å². The summed E-state index contributed by atoms with van der Waals surface area (Å²) in [6.07, 6.45) is 0.458. The summed E-state index contributed by atoms with van der Waals surface area (Å²) in [7, 11) is 1.75. The number of halogens is 2. The Kier molecular flexibility index (Phi) is 3.14. The molecule has 1 heterocycles. The number of carbonyl (C=O) groups is 1. The molecule has 1 aliphatic rings. The number of nitrogens with zero attached hydrogens (tertiary/aromatic N) is 1. The molecule has 16 heavy (non-hydrogen) atoms. The van der Waals surface area contributed by atoms with Gasteiger partial charge in [0, 0.05) is 24.8 Å². The number of anilines is 2. The van der Waals surface area contributed by atoms with Crippen molar-refractivity contribution in [3.8, 4) is 0 Å². The summed E-state index contributed by atoms with van der Waals surface area (Å²) >= 11 is 3.40. The molecule has 0 saturated carbocycles. The zero-order valence-corrected chi connectivity index (χ0v) is 10.4. The molecule has 1 unspecified atom stereocenters. The standard InChI is InChI=1S/C11H12BrFN2O/c1-14-9-3-2-8(13)5-10(9)15-6-7(12)4-11(15)16/h2-3,5,7,14H,4,6H2,1H3. The third kappa shape index (κ3) is 2.04. The number of nitrogens with one attached hydrogen (secondary N) is 1. The first-order valence-electron chi connectivity index (χ1n) is 5.03. The van der Waals surface area contributed by atoms with Gasteiger partial charge in [0.05, 0.1) is 11.4 Å². The minimum atomic E-state index is -0.333. The van der Waals surface area contributed by atoms with Crippen LogP contribution in [0.25, 0.3) is 0 Å². The lowest BCUT2D eigenvalue weighted by Crippen LogP contribution is -2.25. The molecule has 0 spiro atoms. The predicted molar refractivity (Wildman–Crippen MR) is 65.6 cm³/mol. The molecule has 1 fully saturated rings. The molecule has 1 aromatic carbocycles. The van der Waals surface area contributed by atoms with Gasteiger partial charge in [0.2, 0.25) is 5.91 Å². The first-order chi connectivity index (χ1) is 7.61. The van der Waals surface area contributed by atoms with Crippen LogP contribution in [-0.2, 0) is 4.79 Å². The van der Waals surface area contributed by atoms with E-state index < -0.39 is 0 Å². The number of hydrogen-bond acceptors (Lipinski definition) is 2. The van der Waals surface area contributed by atoms with Crippen molar-refractivity contribution in [2.45, 2.75) is 11.2 Å². The maximum Gasteiger partial charge on any atom is 0.228 e. The molecule has 1 N–H and O–H groups in total. The molecule has 86 valence electrons. The van der Waals surface area contributed by atoms with Crippen LogP contribution in [-0.4, -0.2) is 24.3 Å². The van der Waals surface area contributed by atoms with Gasteiger partial charge in [-0.2, -0.15) is 0 Å². The summed E-state index contributed by atoms with van der Waals surface area (Å²) < 4.78 is 13.2. The van der Waals surface area contributed by atoms with Crippen LogP contribution in [0, 0.1) is 5.82 Å². The summed E-state index contributed by atoms with van der Waals surface area (Å²) in [5.74, 6) is -0.316. The van der Waals surface area contributed by atoms with E-state index in [0.29, 0.717) is 18.7 Å². The Hall–Kier alpha value is -1.10. The van der Waals surface area contributed by atoms with Crippen molar-refractivity contribution in [1.29, 1.82) is 0 Å². The van der Waals surface area contributed by atoms with Crippen LogP contribution in [0.15, 0.2) is 18.2 Å². The van der Waals surface area contributed by atoms with Gasteiger partial charge in [-0.1, -0.05) is 15.9 Å². The lowest BCUT2D eigenvalue weighted by Gasteiger charge is -2.19. The number of alkyl halides is 1. The van der Waals surface area contributed by atoms with Gasteiger partial charge in [0.25, 0.3) is 0 Å². The Morgan fingerprint density at radius 3 is 2.88 bits per heavy atom. The second-order valence-corrected chi connectivity index (χ2v) is 5.01. The topological polar surface area (TPSA) is 32.3 Å². The summed E-state index contributed by atoms with van der Waals surface area (Å²) in [5, 5.41) is 2.96. The fourth-order valence-electron chi connectivity index (χ4n) is 1.84. The molecule has 5 heteroatoms. The average molecular weight is 287 g/mol. The molecular weight excluding hydrogens is 275 g/mol. The minimum Gasteiger partial charge on any atom is -0.386 e. The molecule has 0 aromatic heterocycles. The molecule has 1 atom stereocenters. The van der Waals surface area contributed by atoms with Crippen molar-refractivity contribution < 1.29 is 9.18 Å². The van der Waals surface area contributed by atoms with Gasteiger partial charge in [-0.15, -0.1) is 0 Å². The molecule has 1 saturated heterocycles. The van der Waals surface area contributed by atoms with Crippen molar-refractivity contribution in [2.75, 3.05) is 23.8 Å². The SMILES string of the molecule is CNc1ccc(F)cc1N1CC(Br)CC1=O. The van der Waals surface area contributed by atoms with Gasteiger partial charge in [-0.05, 0) is 18.2 Å². The van der Waals surface area contributed by atoms with E-state index in [1.807, 2.05) is 0 Å². The molecule has 0 aliphatic carbocycles. The van der Waals surface area contributed by atoms with Crippen molar-refractivity contribution in [3.63, 3.8) is 0 Å². The maximum absolute atomic E-state index is 13.2. The zero-order valence-electron chi connectivity index (χ0n) is 8.84. The van der Waals surface area contributed by atoms with Gasteiger partial charge >= 0.3 is 0 Å². The van der Waals surface area contributed by atoms with Gasteiger partial charge < -0.3 is 10.2 Å².